The fourth-order valence-corrected chi connectivity index (χ4v) is 5.95. The van der Waals surface area contributed by atoms with Gasteiger partial charge in [-0.25, -0.2) is 18.6 Å². The van der Waals surface area contributed by atoms with Crippen molar-refractivity contribution in [1.29, 1.82) is 5.26 Å². The van der Waals surface area contributed by atoms with E-state index in [1.807, 2.05) is 20.8 Å². The van der Waals surface area contributed by atoms with Crippen LogP contribution in [0, 0.1) is 28.4 Å². The molecule has 0 spiro atoms. The van der Waals surface area contributed by atoms with Crippen LogP contribution in [0.1, 0.15) is 50.7 Å². The molecule has 4 atom stereocenters. The van der Waals surface area contributed by atoms with Crippen LogP contribution in [0.4, 0.5) is 8.78 Å². The number of rotatable bonds is 9. The number of nitriles is 1. The molecule has 0 bridgehead atoms. The zero-order valence-corrected chi connectivity index (χ0v) is 24.0. The molecule has 0 radical (unpaired) electrons. The van der Waals surface area contributed by atoms with E-state index >= 15 is 8.78 Å². The normalized spacial score (nSPS) is 23.4. The van der Waals surface area contributed by atoms with Crippen molar-refractivity contribution in [2.45, 2.75) is 57.0 Å². The lowest BCUT2D eigenvalue weighted by molar-refractivity contribution is -0.123. The van der Waals surface area contributed by atoms with Crippen LogP contribution < -0.4 is 20.5 Å². The first-order chi connectivity index (χ1) is 18.1. The van der Waals surface area contributed by atoms with Crippen LogP contribution in [0.5, 0.6) is 0 Å². The molecule has 0 saturated carbocycles. The Morgan fingerprint density at radius 1 is 1.21 bits per heavy atom. The molecule has 0 aliphatic carbocycles. The Morgan fingerprint density at radius 2 is 1.90 bits per heavy atom. The molecular formula is C26H31Cl2F2N5O3S. The Bertz CT molecular complexity index is 1380. The van der Waals surface area contributed by atoms with Gasteiger partial charge in [0.05, 0.1) is 17.1 Å². The summed E-state index contributed by atoms with van der Waals surface area (Å²) in [5, 5.41) is 21.6. The van der Waals surface area contributed by atoms with Crippen molar-refractivity contribution < 1.29 is 22.0 Å². The molecule has 1 aliphatic heterocycles. The fourth-order valence-electron chi connectivity index (χ4n) is 5.18. The number of nitrogens with two attached hydrogens (primary N) is 1. The predicted molar refractivity (Wildman–Crippen MR) is 146 cm³/mol. The Labute approximate surface area is 237 Å². The lowest BCUT2D eigenvalue weighted by Crippen LogP contribution is -2.46. The molecule has 0 aromatic heterocycles. The van der Waals surface area contributed by atoms with E-state index in [1.165, 1.54) is 30.3 Å². The minimum Gasteiger partial charge on any atom is -0.355 e. The Hall–Kier alpha value is -2.33. The first-order valence-electron chi connectivity index (χ1n) is 12.2. The topological polar surface area (TPSA) is 137 Å². The third kappa shape index (κ3) is 7.06. The van der Waals surface area contributed by atoms with Gasteiger partial charge in [-0.1, -0.05) is 62.2 Å². The second-order valence-electron chi connectivity index (χ2n) is 10.8. The fraction of sp³-hybridized carbons (Fsp3) is 0.462. The Morgan fingerprint density at radius 3 is 2.49 bits per heavy atom. The van der Waals surface area contributed by atoms with Gasteiger partial charge in [-0.15, -0.1) is 0 Å². The van der Waals surface area contributed by atoms with Gasteiger partial charge < -0.3 is 10.6 Å². The number of carbonyl (C=O) groups is 1. The summed E-state index contributed by atoms with van der Waals surface area (Å²) >= 11 is 12.1. The van der Waals surface area contributed by atoms with Crippen molar-refractivity contribution in [2.24, 2.45) is 10.6 Å². The quantitative estimate of drug-likeness (QED) is 0.323. The van der Waals surface area contributed by atoms with Gasteiger partial charge in [-0.3, -0.25) is 4.79 Å². The number of carbonyl (C=O) groups excluding carboxylic acids is 1. The largest absolute Gasteiger partial charge is 0.355 e. The lowest BCUT2D eigenvalue weighted by atomic mass is 9.62. The SMILES string of the molecule is CC(C)(C)CC1NC(C(=O)NCCCNS(N)(=O)=O)C(c2cccc(Cl)c2F)C1(C#N)c1ccc(Cl)cc1F. The highest BCUT2D eigenvalue weighted by atomic mass is 35.5. The van der Waals surface area contributed by atoms with Crippen molar-refractivity contribution in [3.8, 4) is 6.07 Å². The summed E-state index contributed by atoms with van der Waals surface area (Å²) in [5.41, 5.74) is -2.14. The summed E-state index contributed by atoms with van der Waals surface area (Å²) in [6.45, 7) is 5.86. The number of hydrogen-bond acceptors (Lipinski definition) is 5. The minimum absolute atomic E-state index is 0.0154. The van der Waals surface area contributed by atoms with Gasteiger partial charge in [0, 0.05) is 35.6 Å². The molecule has 13 heteroatoms. The molecular weight excluding hydrogens is 571 g/mol. The van der Waals surface area contributed by atoms with Gasteiger partial charge in [0.25, 0.3) is 10.2 Å². The molecule has 1 aliphatic rings. The summed E-state index contributed by atoms with van der Waals surface area (Å²) in [4.78, 5) is 13.6. The van der Waals surface area contributed by atoms with Crippen molar-refractivity contribution >= 4 is 39.3 Å². The maximum atomic E-state index is 15.6. The van der Waals surface area contributed by atoms with E-state index < -0.39 is 51.2 Å². The molecule has 1 heterocycles. The second kappa shape index (κ2) is 12.0. The maximum absolute atomic E-state index is 15.6. The molecule has 2 aromatic rings. The van der Waals surface area contributed by atoms with Crippen LogP contribution in [-0.4, -0.2) is 39.5 Å². The molecule has 1 amide bonds. The van der Waals surface area contributed by atoms with Crippen LogP contribution in [0.15, 0.2) is 36.4 Å². The standard InChI is InChI=1S/C26H31Cl2F2N5O3S/c1-25(2,3)13-20-26(14-31,17-9-8-15(27)12-19(17)29)21(16-6-4-7-18(28)22(16)30)23(35-20)24(36)33-10-5-11-34-39(32,37)38/h4,6-9,12,20-21,23,34-35H,5,10-11,13H2,1-3H3,(H,33,36)(H2,32,37,38). The van der Waals surface area contributed by atoms with Crippen molar-refractivity contribution in [1.82, 2.24) is 15.4 Å². The molecule has 2 aromatic carbocycles. The van der Waals surface area contributed by atoms with Gasteiger partial charge in [0.15, 0.2) is 0 Å². The molecule has 3 rings (SSSR count). The van der Waals surface area contributed by atoms with Crippen LogP contribution >= 0.6 is 23.2 Å². The van der Waals surface area contributed by atoms with Gasteiger partial charge in [0.1, 0.15) is 17.0 Å². The van der Waals surface area contributed by atoms with Crippen LogP contribution in [-0.2, 0) is 20.4 Å². The first kappa shape index (κ1) is 31.2. The smallest absolute Gasteiger partial charge is 0.274 e. The first-order valence-corrected chi connectivity index (χ1v) is 14.5. The highest BCUT2D eigenvalue weighted by Gasteiger charge is 2.61. The summed E-state index contributed by atoms with van der Waals surface area (Å²) in [6, 6.07) is 8.55. The monoisotopic (exact) mass is 601 g/mol. The summed E-state index contributed by atoms with van der Waals surface area (Å²) in [5.74, 6) is -3.33. The van der Waals surface area contributed by atoms with Crippen LogP contribution in [0.3, 0.4) is 0 Å². The van der Waals surface area contributed by atoms with Crippen molar-refractivity contribution in [2.75, 3.05) is 13.1 Å². The zero-order chi connectivity index (χ0) is 29.2. The number of nitrogens with zero attached hydrogens (tertiary/aromatic N) is 1. The van der Waals surface area contributed by atoms with Gasteiger partial charge in [-0.2, -0.15) is 13.7 Å². The van der Waals surface area contributed by atoms with Crippen molar-refractivity contribution in [3.05, 3.63) is 69.2 Å². The molecule has 1 saturated heterocycles. The number of nitrogens with one attached hydrogen (secondary N) is 3. The van der Waals surface area contributed by atoms with Gasteiger partial charge >= 0.3 is 0 Å². The van der Waals surface area contributed by atoms with Crippen molar-refractivity contribution in [3.63, 3.8) is 0 Å². The van der Waals surface area contributed by atoms with E-state index in [2.05, 4.69) is 21.4 Å². The van der Waals surface area contributed by atoms with E-state index in [9.17, 15) is 18.5 Å². The number of halogens is 4. The molecule has 5 N–H and O–H groups in total. The van der Waals surface area contributed by atoms with Crippen LogP contribution in [0.25, 0.3) is 0 Å². The number of hydrogen-bond donors (Lipinski definition) is 4. The molecule has 212 valence electrons. The highest BCUT2D eigenvalue weighted by Crippen LogP contribution is 2.52. The Balaban J connectivity index is 2.14. The van der Waals surface area contributed by atoms with E-state index in [0.29, 0.717) is 6.42 Å². The zero-order valence-electron chi connectivity index (χ0n) is 21.7. The molecule has 4 unspecified atom stereocenters. The maximum Gasteiger partial charge on any atom is 0.274 e. The Kier molecular flexibility index (Phi) is 9.63. The van der Waals surface area contributed by atoms with Gasteiger partial charge in [0.2, 0.25) is 5.91 Å². The summed E-state index contributed by atoms with van der Waals surface area (Å²) < 4.78 is 55.5. The lowest BCUT2D eigenvalue weighted by Gasteiger charge is -2.37. The number of amides is 1. The third-order valence-corrected chi connectivity index (χ3v) is 7.82. The van der Waals surface area contributed by atoms with Gasteiger partial charge in [-0.05, 0) is 42.0 Å². The van der Waals surface area contributed by atoms with E-state index in [-0.39, 0.29) is 46.1 Å². The second-order valence-corrected chi connectivity index (χ2v) is 13.0. The molecule has 1 fully saturated rings. The van der Waals surface area contributed by atoms with E-state index in [4.69, 9.17) is 28.3 Å². The average molecular weight is 603 g/mol. The summed E-state index contributed by atoms with van der Waals surface area (Å²) in [7, 11) is -3.89. The average Bonchev–Trinajstić information content (AvgIpc) is 3.12. The minimum atomic E-state index is -3.89. The predicted octanol–water partition coefficient (Wildman–Crippen LogP) is 3.89. The van der Waals surface area contributed by atoms with E-state index in [0.717, 1.165) is 6.07 Å². The van der Waals surface area contributed by atoms with E-state index in [1.54, 1.807) is 0 Å². The molecule has 8 nitrogen and oxygen atoms in total. The number of benzene rings is 2. The molecule has 39 heavy (non-hydrogen) atoms. The summed E-state index contributed by atoms with van der Waals surface area (Å²) in [6.07, 6.45) is 0.551. The highest BCUT2D eigenvalue weighted by molar-refractivity contribution is 7.87. The third-order valence-electron chi connectivity index (χ3n) is 6.69. The van der Waals surface area contributed by atoms with Crippen LogP contribution in [0.2, 0.25) is 10.0 Å².